The lowest BCUT2D eigenvalue weighted by Gasteiger charge is -2.35. The fraction of sp³-hybridized carbons (Fsp3) is 0.368. The number of carbonyl (C=O) groups is 1. The number of aromatic nitrogens is 1. The predicted octanol–water partition coefficient (Wildman–Crippen LogP) is 2.90. The van der Waals surface area contributed by atoms with Crippen LogP contribution in [0.1, 0.15) is 27.5 Å². The van der Waals surface area contributed by atoms with Crippen molar-refractivity contribution in [3.63, 3.8) is 0 Å². The Morgan fingerprint density at radius 2 is 1.89 bits per heavy atom. The van der Waals surface area contributed by atoms with Gasteiger partial charge in [0, 0.05) is 32.0 Å². The molecule has 1 fully saturated rings. The zero-order valence-corrected chi connectivity index (χ0v) is 14.6. The van der Waals surface area contributed by atoms with Crippen LogP contribution in [0, 0.1) is 0 Å². The zero-order chi connectivity index (χ0) is 19.3. The first-order valence-electron chi connectivity index (χ1n) is 8.62. The molecule has 1 saturated heterocycles. The molecule has 0 bridgehead atoms. The summed E-state index contributed by atoms with van der Waals surface area (Å²) in [6.07, 6.45) is -1.33. The molecular weight excluding hydrogens is 359 g/mol. The minimum absolute atomic E-state index is 0.239. The van der Waals surface area contributed by atoms with Gasteiger partial charge in [0.25, 0.3) is 5.91 Å². The molecule has 1 aliphatic rings. The first-order chi connectivity index (χ1) is 12.9. The molecule has 0 spiro atoms. The van der Waals surface area contributed by atoms with Crippen molar-refractivity contribution in [3.05, 3.63) is 65.5 Å². The number of ether oxygens (including phenoxy) is 1. The van der Waals surface area contributed by atoms with Crippen molar-refractivity contribution in [3.8, 4) is 0 Å². The molecule has 8 heteroatoms. The summed E-state index contributed by atoms with van der Waals surface area (Å²) in [6.45, 7) is 2.67. The smallest absolute Gasteiger partial charge is 0.379 e. The number of hydrogen-bond donors (Lipinski definition) is 1. The van der Waals surface area contributed by atoms with E-state index < -0.39 is 11.7 Å². The summed E-state index contributed by atoms with van der Waals surface area (Å²) in [5.74, 6) is -0.270. The van der Waals surface area contributed by atoms with Crippen LogP contribution in [0.15, 0.2) is 48.8 Å². The Hall–Kier alpha value is -2.45. The van der Waals surface area contributed by atoms with Gasteiger partial charge < -0.3 is 10.1 Å². The lowest BCUT2D eigenvalue weighted by Crippen LogP contribution is -2.43. The van der Waals surface area contributed by atoms with Gasteiger partial charge in [-0.3, -0.25) is 14.7 Å². The summed E-state index contributed by atoms with van der Waals surface area (Å²) in [5, 5.41) is 2.86. The van der Waals surface area contributed by atoms with Crippen molar-refractivity contribution < 1.29 is 22.7 Å². The number of pyridine rings is 1. The van der Waals surface area contributed by atoms with E-state index in [0.717, 1.165) is 17.7 Å². The number of nitrogens with zero attached hydrogens (tertiary/aromatic N) is 2. The van der Waals surface area contributed by atoms with Crippen LogP contribution in [0.3, 0.4) is 0 Å². The summed E-state index contributed by atoms with van der Waals surface area (Å²) in [4.78, 5) is 18.3. The Labute approximate surface area is 155 Å². The third kappa shape index (κ3) is 5.05. The van der Waals surface area contributed by atoms with Gasteiger partial charge in [0.15, 0.2) is 0 Å². The van der Waals surface area contributed by atoms with Crippen LogP contribution in [0.25, 0.3) is 0 Å². The number of amides is 1. The largest absolute Gasteiger partial charge is 0.416 e. The fourth-order valence-corrected chi connectivity index (χ4v) is 3.03. The Kier molecular flexibility index (Phi) is 6.08. The van der Waals surface area contributed by atoms with Gasteiger partial charge in [-0.15, -0.1) is 0 Å². The molecule has 1 N–H and O–H groups in total. The first-order valence-corrected chi connectivity index (χ1v) is 8.62. The molecule has 2 heterocycles. The van der Waals surface area contributed by atoms with E-state index in [1.807, 2.05) is 0 Å². The molecule has 0 radical (unpaired) electrons. The van der Waals surface area contributed by atoms with E-state index in [0.29, 0.717) is 31.9 Å². The van der Waals surface area contributed by atoms with Gasteiger partial charge in [-0.25, -0.2) is 0 Å². The first kappa shape index (κ1) is 19.3. The zero-order valence-electron chi connectivity index (χ0n) is 14.6. The minimum Gasteiger partial charge on any atom is -0.379 e. The molecule has 0 unspecified atom stereocenters. The van der Waals surface area contributed by atoms with Crippen molar-refractivity contribution in [1.82, 2.24) is 15.2 Å². The molecule has 27 heavy (non-hydrogen) atoms. The van der Waals surface area contributed by atoms with Gasteiger partial charge in [-0.05, 0) is 29.8 Å². The molecule has 1 aromatic carbocycles. The summed E-state index contributed by atoms with van der Waals surface area (Å²) in [5.41, 5.74) is 0.466. The Morgan fingerprint density at radius 1 is 1.19 bits per heavy atom. The second-order valence-electron chi connectivity index (χ2n) is 6.24. The molecule has 0 aliphatic carbocycles. The van der Waals surface area contributed by atoms with Gasteiger partial charge in [0.05, 0.1) is 30.4 Å². The molecular formula is C19H20F3N3O2. The Bertz CT molecular complexity index is 745. The number of rotatable bonds is 5. The van der Waals surface area contributed by atoms with Crippen molar-refractivity contribution in [2.24, 2.45) is 0 Å². The SMILES string of the molecule is O=C(NC[C@H](c1ccc(C(F)(F)F)cc1)N1CCOCC1)c1cccnc1. The van der Waals surface area contributed by atoms with Crippen LogP contribution < -0.4 is 5.32 Å². The number of nitrogens with one attached hydrogen (secondary N) is 1. The van der Waals surface area contributed by atoms with Crippen LogP contribution in [0.5, 0.6) is 0 Å². The Morgan fingerprint density at radius 3 is 2.48 bits per heavy atom. The fourth-order valence-electron chi connectivity index (χ4n) is 3.03. The Balaban J connectivity index is 1.75. The molecule has 0 saturated carbocycles. The highest BCUT2D eigenvalue weighted by atomic mass is 19.4. The lowest BCUT2D eigenvalue weighted by atomic mass is 10.0. The highest BCUT2D eigenvalue weighted by Gasteiger charge is 2.31. The standard InChI is InChI=1S/C19H20F3N3O2/c20-19(21,22)16-5-3-14(4-6-16)17(25-8-10-27-11-9-25)13-24-18(26)15-2-1-7-23-12-15/h1-7,12,17H,8-11,13H2,(H,24,26)/t17-/m1/s1. The number of hydrogen-bond acceptors (Lipinski definition) is 4. The van der Waals surface area contributed by atoms with E-state index in [-0.39, 0.29) is 18.5 Å². The maximum atomic E-state index is 12.8. The average molecular weight is 379 g/mol. The second-order valence-corrected chi connectivity index (χ2v) is 6.24. The van der Waals surface area contributed by atoms with Gasteiger partial charge in [0.1, 0.15) is 0 Å². The molecule has 5 nitrogen and oxygen atoms in total. The van der Waals surface area contributed by atoms with Crippen LogP contribution in [0.4, 0.5) is 13.2 Å². The van der Waals surface area contributed by atoms with E-state index in [4.69, 9.17) is 4.74 Å². The molecule has 1 atom stereocenters. The second kappa shape index (κ2) is 8.49. The number of benzene rings is 1. The minimum atomic E-state index is -4.37. The van der Waals surface area contributed by atoms with Crippen molar-refractivity contribution in [2.45, 2.75) is 12.2 Å². The van der Waals surface area contributed by atoms with E-state index in [2.05, 4.69) is 15.2 Å². The van der Waals surface area contributed by atoms with E-state index in [1.165, 1.54) is 18.3 Å². The number of halogens is 3. The molecule has 1 aliphatic heterocycles. The van der Waals surface area contributed by atoms with Gasteiger partial charge in [0.2, 0.25) is 0 Å². The van der Waals surface area contributed by atoms with Crippen molar-refractivity contribution in [2.75, 3.05) is 32.8 Å². The average Bonchev–Trinajstić information content (AvgIpc) is 2.69. The lowest BCUT2D eigenvalue weighted by molar-refractivity contribution is -0.137. The highest BCUT2D eigenvalue weighted by Crippen LogP contribution is 2.31. The summed E-state index contributed by atoms with van der Waals surface area (Å²) in [7, 11) is 0. The van der Waals surface area contributed by atoms with E-state index in [1.54, 1.807) is 18.3 Å². The highest BCUT2D eigenvalue weighted by molar-refractivity contribution is 5.93. The van der Waals surface area contributed by atoms with Gasteiger partial charge in [-0.1, -0.05) is 12.1 Å². The van der Waals surface area contributed by atoms with Crippen molar-refractivity contribution >= 4 is 5.91 Å². The van der Waals surface area contributed by atoms with Crippen LogP contribution in [-0.4, -0.2) is 48.6 Å². The van der Waals surface area contributed by atoms with Crippen molar-refractivity contribution in [1.29, 1.82) is 0 Å². The van der Waals surface area contributed by atoms with Crippen LogP contribution in [-0.2, 0) is 10.9 Å². The van der Waals surface area contributed by atoms with E-state index >= 15 is 0 Å². The normalized spacial score (nSPS) is 16.7. The quantitative estimate of drug-likeness (QED) is 0.868. The van der Waals surface area contributed by atoms with Gasteiger partial charge in [-0.2, -0.15) is 13.2 Å². The molecule has 2 aromatic rings. The predicted molar refractivity (Wildman–Crippen MR) is 93.1 cm³/mol. The molecule has 1 aromatic heterocycles. The maximum Gasteiger partial charge on any atom is 0.416 e. The third-order valence-corrected chi connectivity index (χ3v) is 4.49. The third-order valence-electron chi connectivity index (χ3n) is 4.49. The number of alkyl halides is 3. The number of carbonyl (C=O) groups excluding carboxylic acids is 1. The summed E-state index contributed by atoms with van der Waals surface area (Å²) < 4.78 is 43.8. The number of morpholine rings is 1. The molecule has 3 rings (SSSR count). The molecule has 144 valence electrons. The van der Waals surface area contributed by atoms with Crippen LogP contribution >= 0.6 is 0 Å². The topological polar surface area (TPSA) is 54.5 Å². The van der Waals surface area contributed by atoms with Crippen LogP contribution in [0.2, 0.25) is 0 Å². The summed E-state index contributed by atoms with van der Waals surface area (Å²) >= 11 is 0. The summed E-state index contributed by atoms with van der Waals surface area (Å²) in [6, 6.07) is 8.18. The monoisotopic (exact) mass is 379 g/mol. The van der Waals surface area contributed by atoms with E-state index in [9.17, 15) is 18.0 Å². The van der Waals surface area contributed by atoms with Gasteiger partial charge >= 0.3 is 6.18 Å². The maximum absolute atomic E-state index is 12.8. The molecule has 1 amide bonds.